The monoisotopic (exact) mass is 1600 g/mol. The van der Waals surface area contributed by atoms with Crippen molar-refractivity contribution in [1.29, 1.82) is 0 Å². The Hall–Kier alpha value is -7.80. The zero-order valence-corrected chi connectivity index (χ0v) is 76.3. The topological polar surface area (TPSA) is 286 Å². The van der Waals surface area contributed by atoms with Crippen molar-refractivity contribution < 1.29 is 82.6 Å². The third-order valence-corrected chi connectivity index (χ3v) is 16.6. The van der Waals surface area contributed by atoms with Crippen LogP contribution in [0, 0.1) is 11.8 Å². The molecule has 114 heavy (non-hydrogen) atoms. The Morgan fingerprint density at radius 1 is 0.439 bits per heavy atom. The second kappa shape index (κ2) is 80.4. The molecule has 2 aliphatic heterocycles. The molecule has 2 rings (SSSR count). The van der Waals surface area contributed by atoms with Gasteiger partial charge in [-0.05, 0) is 338 Å². The first-order chi connectivity index (χ1) is 53.1. The summed E-state index contributed by atoms with van der Waals surface area (Å²) in [6.07, 6.45) is 49.1. The van der Waals surface area contributed by atoms with Crippen LogP contribution in [0.25, 0.3) is 0 Å². The van der Waals surface area contributed by atoms with Crippen LogP contribution < -0.4 is 0 Å². The first-order valence-electron chi connectivity index (χ1n) is 40.2. The molecule has 0 aliphatic carbocycles. The normalized spacial score (nSPS) is 15.9. The number of carbonyl (C=O) groups excluding carboxylic acids is 9. The highest BCUT2D eigenvalue weighted by molar-refractivity contribution is 5.80. The highest BCUT2D eigenvalue weighted by atomic mass is 16.6. The fraction of sp³-hybridized carbons (Fsp3) is 0.588. The second-order valence-electron chi connectivity index (χ2n) is 31.7. The van der Waals surface area contributed by atoms with Gasteiger partial charge in [-0.25, -0.2) is 4.79 Å². The van der Waals surface area contributed by atoms with E-state index in [-0.39, 0.29) is 41.5 Å². The number of carboxylic acid groups (broad SMARTS) is 1. The molecule has 0 amide bonds. The van der Waals surface area contributed by atoms with Gasteiger partial charge in [0.05, 0.1) is 36.3 Å². The maximum atomic E-state index is 10.4. The summed E-state index contributed by atoms with van der Waals surface area (Å²) in [6.45, 7) is 59.9. The van der Waals surface area contributed by atoms with Gasteiger partial charge >= 0.3 is 5.97 Å². The Morgan fingerprint density at radius 3 is 1.13 bits per heavy atom. The number of rotatable bonds is 43. The lowest BCUT2D eigenvalue weighted by Gasteiger charge is -2.11. The minimum Gasteiger partial charge on any atom is -0.478 e. The molecule has 7 atom stereocenters. The number of allylic oxidation sites excluding steroid dienone is 25. The van der Waals surface area contributed by atoms with Gasteiger partial charge < -0.3 is 53.8 Å². The van der Waals surface area contributed by atoms with E-state index >= 15 is 0 Å². The molecule has 0 radical (unpaired) electrons. The van der Waals surface area contributed by atoms with E-state index in [0.717, 1.165) is 198 Å². The van der Waals surface area contributed by atoms with Crippen LogP contribution in [0.1, 0.15) is 322 Å². The van der Waals surface area contributed by atoms with Gasteiger partial charge in [0.25, 0.3) is 6.47 Å². The van der Waals surface area contributed by atoms with E-state index in [1.165, 1.54) is 57.4 Å². The van der Waals surface area contributed by atoms with Gasteiger partial charge in [0, 0.05) is 18.4 Å². The van der Waals surface area contributed by atoms with Crippen molar-refractivity contribution in [2.75, 3.05) is 6.61 Å². The molecule has 0 spiro atoms. The molecular weight excluding hydrogens is 1440 g/mol. The molecule has 4 N–H and O–H groups in total. The number of aldehydes is 7. The number of Topliss-reactive ketones (excluding diaryl/α,β-unsaturated/α-hetero) is 1. The Kier molecular flexibility index (Phi) is 85.9. The molecule has 2 heterocycles. The van der Waals surface area contributed by atoms with Crippen LogP contribution in [0.5, 0.6) is 0 Å². The average Bonchev–Trinajstić information content (AvgIpc) is 1.60. The van der Waals surface area contributed by atoms with Crippen LogP contribution in [0.4, 0.5) is 0 Å². The summed E-state index contributed by atoms with van der Waals surface area (Å²) in [4.78, 5) is 101. The number of ether oxygens (including phenoxy) is 3. The molecule has 0 bridgehead atoms. The summed E-state index contributed by atoms with van der Waals surface area (Å²) in [5.41, 5.74) is 17.2. The molecule has 17 heteroatoms. The minimum absolute atomic E-state index is 0.0677. The van der Waals surface area contributed by atoms with Gasteiger partial charge in [0.1, 0.15) is 55.7 Å². The maximum absolute atomic E-state index is 10.4. The van der Waals surface area contributed by atoms with E-state index in [0.29, 0.717) is 31.7 Å². The highest BCUT2D eigenvalue weighted by Gasteiger charge is 2.51. The summed E-state index contributed by atoms with van der Waals surface area (Å²) in [5, 5.41) is 35.5. The third kappa shape index (κ3) is 100. The number of carboxylic acids is 1. The molecule has 0 aromatic carbocycles. The highest BCUT2D eigenvalue weighted by Crippen LogP contribution is 2.40. The largest absolute Gasteiger partial charge is 0.478 e. The van der Waals surface area contributed by atoms with E-state index in [1.807, 2.05) is 117 Å². The van der Waals surface area contributed by atoms with E-state index in [4.69, 9.17) is 24.8 Å². The van der Waals surface area contributed by atoms with Crippen molar-refractivity contribution in [2.45, 2.75) is 358 Å². The molecule has 650 valence electrons. The molecular formula is C97H160O17. The van der Waals surface area contributed by atoms with Gasteiger partial charge in [-0.15, -0.1) is 0 Å². The quantitative estimate of drug-likeness (QED) is 0.0145. The lowest BCUT2D eigenvalue weighted by Crippen LogP contribution is -2.18. The van der Waals surface area contributed by atoms with Gasteiger partial charge in [0.2, 0.25) is 0 Å². The number of aliphatic hydroxyl groups excluding tert-OH is 3. The summed E-state index contributed by atoms with van der Waals surface area (Å²) in [5.74, 6) is -0.300. The first-order valence-corrected chi connectivity index (χ1v) is 40.2. The van der Waals surface area contributed by atoms with E-state index in [1.54, 1.807) is 32.1 Å². The van der Waals surface area contributed by atoms with Crippen LogP contribution in [-0.4, -0.2) is 125 Å². The van der Waals surface area contributed by atoms with Gasteiger partial charge in [-0.3, -0.25) is 24.0 Å². The lowest BCUT2D eigenvalue weighted by atomic mass is 9.99. The smallest absolute Gasteiger partial charge is 0.328 e. The number of aliphatic hydroxyl groups is 3. The summed E-state index contributed by atoms with van der Waals surface area (Å²) in [6, 6.07) is 0. The number of epoxide rings is 2. The summed E-state index contributed by atoms with van der Waals surface area (Å²) in [7, 11) is 0. The molecule has 0 aromatic heterocycles. The molecule has 2 fully saturated rings. The standard InChI is InChI=1S/4C10H16O2.C10H18O2.2C10H16O2.C10H16O.C9H16O.C8H14O/c1-8(6-7-11)4-5-9-10(2,3)12-9;1-8(2)5-4-6-10(3)9(7-11)12-10;1-8(2)10(12)5-4-9(3)6-7-11;1-9(2)5-4-6-10(3)7-12-8-11;1-8(2)5-4-6-9(3)10(12)7-11;1-8(2)5-4-6-9(3)7-10(11)12;1-9(6-7-11)4-3-5-10(2)8-12;1-9(2)5-4-6-10(3)7-8-11;1-8(2)5-4-6-9(3)7-10;1-7(2)5-4-6-8(3)9/h6-7,9H,4-5H2,1-3H3;5,7,9H,4,6H2,1-3H3;6-7,10,12H,1,4-5H2,2-3H3;5,7-8H,4,6H2,1-3H3;5,7,9-10,12H,4,6H2,1-3H3;5,7H,4,6H2,1-3H3,(H,11,12);5-7,12H,3-4,8H2,1-2H3;5,7-8H,4,6H2,1-3H3;5,7,9H,4,6H2,1-3H3;5H,4,6H2,1-3H3/b8-6+;;9-6+;10-7+;;9-7+;9-6+,10-5+;10-7+;;. The van der Waals surface area contributed by atoms with Crippen molar-refractivity contribution in [2.24, 2.45) is 11.8 Å². The number of hydrogen-bond acceptors (Lipinski definition) is 16. The predicted molar refractivity (Wildman–Crippen MR) is 477 cm³/mol. The fourth-order valence-corrected chi connectivity index (χ4v) is 8.85. The van der Waals surface area contributed by atoms with E-state index < -0.39 is 18.2 Å². The van der Waals surface area contributed by atoms with E-state index in [2.05, 4.69) is 123 Å². The van der Waals surface area contributed by atoms with Crippen molar-refractivity contribution >= 4 is 62.2 Å². The molecule has 2 saturated heterocycles. The fourth-order valence-electron chi connectivity index (χ4n) is 8.85. The third-order valence-electron chi connectivity index (χ3n) is 16.6. The Balaban J connectivity index is -0.000000183. The summed E-state index contributed by atoms with van der Waals surface area (Å²) < 4.78 is 15.1. The zero-order valence-electron chi connectivity index (χ0n) is 76.3. The molecule has 7 unspecified atom stereocenters. The van der Waals surface area contributed by atoms with Crippen LogP contribution in [-0.2, 0) is 62.2 Å². The maximum Gasteiger partial charge on any atom is 0.328 e. The second-order valence-corrected chi connectivity index (χ2v) is 31.7. The summed E-state index contributed by atoms with van der Waals surface area (Å²) >= 11 is 0. The van der Waals surface area contributed by atoms with Crippen molar-refractivity contribution in [3.63, 3.8) is 0 Å². The van der Waals surface area contributed by atoms with Gasteiger partial charge in [0.15, 0.2) is 6.29 Å². The molecule has 17 nitrogen and oxygen atoms in total. The van der Waals surface area contributed by atoms with Crippen LogP contribution in [0.2, 0.25) is 0 Å². The van der Waals surface area contributed by atoms with Crippen LogP contribution in [0.3, 0.4) is 0 Å². The van der Waals surface area contributed by atoms with Crippen molar-refractivity contribution in [3.8, 4) is 0 Å². The predicted octanol–water partition coefficient (Wildman–Crippen LogP) is 23.1. The zero-order chi connectivity index (χ0) is 89.8. The number of aliphatic carboxylic acids is 1. The number of hydrogen-bond donors (Lipinski definition) is 4. The first kappa shape index (κ1) is 122. The van der Waals surface area contributed by atoms with Gasteiger partial charge in [-0.1, -0.05) is 147 Å². The lowest BCUT2D eigenvalue weighted by molar-refractivity contribution is -0.131. The number of ketones is 1. The molecule has 2 aliphatic rings. The Morgan fingerprint density at radius 2 is 0.798 bits per heavy atom. The Labute approximate surface area is 693 Å². The molecule has 0 saturated carbocycles. The SMILES string of the molecule is C/C(=C\C=O)CCC1OC1(C)C.C/C(=C\CC/C(C)=C/C=O)CO.C=C(C)C(O)CC/C(C)=C/C=O.CC(=O)CCC=C(C)C.CC(C)=CCC/C(C)=C/C(=O)O.CC(C)=CCC/C(C)=C/C=O.CC(C)=CCC/C(C)=C/OC=O.CC(C)=CCCC(C)C(O)C=O.CC(C)=CCCC(C)C=O.CC(C)=CCCC1(C)OC1C=O. The molecule has 0 aromatic rings. The van der Waals surface area contributed by atoms with E-state index in [9.17, 15) is 53.1 Å². The van der Waals surface area contributed by atoms with Crippen molar-refractivity contribution in [1.82, 2.24) is 0 Å². The Bertz CT molecular complexity index is 3120. The van der Waals surface area contributed by atoms with Crippen molar-refractivity contribution in [3.05, 3.63) is 175 Å². The van der Waals surface area contributed by atoms with Gasteiger partial charge in [-0.2, -0.15) is 0 Å². The van der Waals surface area contributed by atoms with Crippen LogP contribution >= 0.6 is 0 Å². The van der Waals surface area contributed by atoms with Crippen LogP contribution in [0.15, 0.2) is 175 Å². The average molecular weight is 1600 g/mol. The minimum atomic E-state index is -0.857. The number of carbonyl (C=O) groups is 10.